The van der Waals surface area contributed by atoms with Gasteiger partial charge in [0.2, 0.25) is 0 Å². The molecular weight excluding hydrogens is 356 g/mol. The largest absolute Gasteiger partial charge is 0.289 e. The predicted octanol–water partition coefficient (Wildman–Crippen LogP) is 5.06. The summed E-state index contributed by atoms with van der Waals surface area (Å²) >= 11 is 6.81. The molecule has 0 aliphatic rings. The van der Waals surface area contributed by atoms with Gasteiger partial charge < -0.3 is 0 Å². The third-order valence-electron chi connectivity index (χ3n) is 2.76. The Bertz CT molecular complexity index is 598. The zero-order valence-electron chi connectivity index (χ0n) is 10.1. The van der Waals surface area contributed by atoms with Crippen molar-refractivity contribution in [3.8, 4) is 0 Å². The van der Waals surface area contributed by atoms with Gasteiger partial charge in [-0.1, -0.05) is 49.6 Å². The molecule has 0 bridgehead atoms. The monoisotopic (exact) mass is 366 g/mol. The molecule has 0 fully saturated rings. The van der Waals surface area contributed by atoms with Gasteiger partial charge in [0.25, 0.3) is 0 Å². The van der Waals surface area contributed by atoms with E-state index >= 15 is 0 Å². The number of carbonyl (C=O) groups is 1. The Hall–Kier alpha value is -0.930. The van der Waals surface area contributed by atoms with Crippen molar-refractivity contribution < 1.29 is 4.79 Å². The fraction of sp³-hybridized carbons (Fsp3) is 0.133. The second kappa shape index (κ2) is 5.37. The molecule has 0 atom stereocenters. The molecule has 0 saturated carbocycles. The fourth-order valence-electron chi connectivity index (χ4n) is 1.82. The summed E-state index contributed by atoms with van der Waals surface area (Å²) in [6, 6.07) is 11.5. The van der Waals surface area contributed by atoms with Crippen LogP contribution >= 0.6 is 31.9 Å². The van der Waals surface area contributed by atoms with E-state index in [9.17, 15) is 4.79 Å². The molecule has 2 rings (SSSR count). The maximum atomic E-state index is 12.5. The maximum absolute atomic E-state index is 12.5. The summed E-state index contributed by atoms with van der Waals surface area (Å²) < 4.78 is 1.79. The van der Waals surface area contributed by atoms with Crippen LogP contribution in [0.25, 0.3) is 0 Å². The number of hydrogen-bond acceptors (Lipinski definition) is 1. The quantitative estimate of drug-likeness (QED) is 0.678. The van der Waals surface area contributed by atoms with Gasteiger partial charge in [-0.3, -0.25) is 4.79 Å². The number of hydrogen-bond donors (Lipinski definition) is 0. The first-order chi connectivity index (χ1) is 8.47. The number of benzene rings is 2. The van der Waals surface area contributed by atoms with Gasteiger partial charge in [-0.05, 0) is 43.7 Å². The first-order valence-corrected chi connectivity index (χ1v) is 7.14. The molecule has 92 valence electrons. The van der Waals surface area contributed by atoms with Crippen LogP contribution in [0.15, 0.2) is 45.3 Å². The Balaban J connectivity index is 2.51. The third kappa shape index (κ3) is 2.90. The lowest BCUT2D eigenvalue weighted by Crippen LogP contribution is -2.04. The van der Waals surface area contributed by atoms with Crippen LogP contribution in [0.3, 0.4) is 0 Å². The Kier molecular flexibility index (Phi) is 4.03. The Morgan fingerprint density at radius 3 is 2.17 bits per heavy atom. The van der Waals surface area contributed by atoms with Crippen LogP contribution in [0.1, 0.15) is 27.0 Å². The predicted molar refractivity (Wildman–Crippen MR) is 81.2 cm³/mol. The molecule has 2 aromatic rings. The highest BCUT2D eigenvalue weighted by atomic mass is 79.9. The molecule has 0 radical (unpaired) electrons. The van der Waals surface area contributed by atoms with Crippen LogP contribution in [-0.4, -0.2) is 5.78 Å². The molecule has 0 heterocycles. The summed E-state index contributed by atoms with van der Waals surface area (Å²) in [5.41, 5.74) is 3.55. The van der Waals surface area contributed by atoms with Crippen LogP contribution in [-0.2, 0) is 0 Å². The van der Waals surface area contributed by atoms with E-state index < -0.39 is 0 Å². The maximum Gasteiger partial charge on any atom is 0.193 e. The topological polar surface area (TPSA) is 17.1 Å². The van der Waals surface area contributed by atoms with E-state index in [0.29, 0.717) is 5.56 Å². The summed E-state index contributed by atoms with van der Waals surface area (Å²) in [7, 11) is 0. The molecule has 0 N–H and O–H groups in total. The van der Waals surface area contributed by atoms with Crippen molar-refractivity contribution in [3.05, 3.63) is 67.6 Å². The van der Waals surface area contributed by atoms with E-state index in [1.54, 1.807) is 0 Å². The minimum absolute atomic E-state index is 0.0539. The van der Waals surface area contributed by atoms with Crippen LogP contribution in [0.4, 0.5) is 0 Å². The van der Waals surface area contributed by atoms with Crippen LogP contribution in [0, 0.1) is 13.8 Å². The number of aryl methyl sites for hydroxylation is 2. The van der Waals surface area contributed by atoms with Gasteiger partial charge in [0.15, 0.2) is 5.78 Å². The molecule has 0 spiro atoms. The summed E-state index contributed by atoms with van der Waals surface area (Å²) in [4.78, 5) is 12.5. The molecule has 18 heavy (non-hydrogen) atoms. The van der Waals surface area contributed by atoms with Crippen molar-refractivity contribution in [2.45, 2.75) is 13.8 Å². The van der Waals surface area contributed by atoms with Crippen LogP contribution in [0.2, 0.25) is 0 Å². The number of ketones is 1. The third-order valence-corrected chi connectivity index (χ3v) is 3.68. The van der Waals surface area contributed by atoms with Gasteiger partial charge in [-0.2, -0.15) is 0 Å². The van der Waals surface area contributed by atoms with Gasteiger partial charge in [-0.15, -0.1) is 0 Å². The van der Waals surface area contributed by atoms with Crippen molar-refractivity contribution in [1.29, 1.82) is 0 Å². The average Bonchev–Trinajstić information content (AvgIpc) is 2.30. The highest BCUT2D eigenvalue weighted by molar-refractivity contribution is 9.11. The summed E-state index contributed by atoms with van der Waals surface area (Å²) in [6.07, 6.45) is 0. The smallest absolute Gasteiger partial charge is 0.193 e. The molecule has 2 aromatic carbocycles. The summed E-state index contributed by atoms with van der Waals surface area (Å²) in [5, 5.41) is 0. The standard InChI is InChI=1S/C15H12Br2O/c1-9-3-4-10(2)14(5-9)15(18)11-6-12(16)8-13(17)7-11/h3-8H,1-2H3. The van der Waals surface area contributed by atoms with E-state index in [4.69, 9.17) is 0 Å². The Labute approximate surface area is 123 Å². The molecule has 0 aliphatic carbocycles. The molecule has 0 unspecified atom stereocenters. The highest BCUT2D eigenvalue weighted by Crippen LogP contribution is 2.23. The fourth-order valence-corrected chi connectivity index (χ4v) is 3.11. The lowest BCUT2D eigenvalue weighted by Gasteiger charge is -2.07. The van der Waals surface area contributed by atoms with Crippen molar-refractivity contribution in [1.82, 2.24) is 0 Å². The van der Waals surface area contributed by atoms with Crippen molar-refractivity contribution >= 4 is 37.6 Å². The molecule has 0 saturated heterocycles. The minimum atomic E-state index is 0.0539. The molecule has 1 nitrogen and oxygen atoms in total. The Morgan fingerprint density at radius 2 is 1.56 bits per heavy atom. The first-order valence-electron chi connectivity index (χ1n) is 5.55. The zero-order chi connectivity index (χ0) is 13.3. The van der Waals surface area contributed by atoms with E-state index in [2.05, 4.69) is 31.9 Å². The first kappa shape index (κ1) is 13.5. The van der Waals surface area contributed by atoms with E-state index in [1.807, 2.05) is 50.2 Å². The minimum Gasteiger partial charge on any atom is -0.289 e. The SMILES string of the molecule is Cc1ccc(C)c(C(=O)c2cc(Br)cc(Br)c2)c1. The van der Waals surface area contributed by atoms with Crippen molar-refractivity contribution in [2.75, 3.05) is 0 Å². The normalized spacial score (nSPS) is 10.4. The summed E-state index contributed by atoms with van der Waals surface area (Å²) in [5.74, 6) is 0.0539. The van der Waals surface area contributed by atoms with Crippen LogP contribution in [0.5, 0.6) is 0 Å². The lowest BCUT2D eigenvalue weighted by molar-refractivity contribution is 0.103. The van der Waals surface area contributed by atoms with E-state index in [-0.39, 0.29) is 5.78 Å². The molecule has 0 aliphatic heterocycles. The lowest BCUT2D eigenvalue weighted by atomic mass is 9.97. The average molecular weight is 368 g/mol. The molecule has 0 amide bonds. The highest BCUT2D eigenvalue weighted by Gasteiger charge is 2.13. The number of carbonyl (C=O) groups excluding carboxylic acids is 1. The second-order valence-electron chi connectivity index (χ2n) is 4.31. The molecule has 3 heteroatoms. The number of halogens is 2. The summed E-state index contributed by atoms with van der Waals surface area (Å²) in [6.45, 7) is 3.95. The molecular formula is C15H12Br2O. The van der Waals surface area contributed by atoms with Gasteiger partial charge in [0, 0.05) is 20.1 Å². The molecule has 0 aromatic heterocycles. The van der Waals surface area contributed by atoms with Gasteiger partial charge in [-0.25, -0.2) is 0 Å². The zero-order valence-corrected chi connectivity index (χ0v) is 13.3. The number of rotatable bonds is 2. The van der Waals surface area contributed by atoms with E-state index in [1.165, 1.54) is 0 Å². The van der Waals surface area contributed by atoms with Gasteiger partial charge in [0.05, 0.1) is 0 Å². The van der Waals surface area contributed by atoms with Crippen molar-refractivity contribution in [2.24, 2.45) is 0 Å². The van der Waals surface area contributed by atoms with Gasteiger partial charge in [0.1, 0.15) is 0 Å². The van der Waals surface area contributed by atoms with Gasteiger partial charge >= 0.3 is 0 Å². The second-order valence-corrected chi connectivity index (χ2v) is 6.14. The van der Waals surface area contributed by atoms with Crippen LogP contribution < -0.4 is 0 Å². The Morgan fingerprint density at radius 1 is 0.944 bits per heavy atom. The van der Waals surface area contributed by atoms with Crippen molar-refractivity contribution in [3.63, 3.8) is 0 Å². The van der Waals surface area contributed by atoms with E-state index in [0.717, 1.165) is 25.6 Å².